The van der Waals surface area contributed by atoms with Crippen molar-refractivity contribution in [2.75, 3.05) is 0 Å². The lowest BCUT2D eigenvalue weighted by molar-refractivity contribution is -0.142. The summed E-state index contributed by atoms with van der Waals surface area (Å²) >= 11 is 0. The zero-order valence-electron chi connectivity index (χ0n) is 19.4. The van der Waals surface area contributed by atoms with Crippen molar-refractivity contribution >= 4 is 23.5 Å². The number of halogens is 3. The highest BCUT2D eigenvalue weighted by Crippen LogP contribution is 2.33. The van der Waals surface area contributed by atoms with Gasteiger partial charge in [-0.25, -0.2) is 0 Å². The minimum Gasteiger partial charge on any atom is -0.347 e. The average Bonchev–Trinajstić information content (AvgIpc) is 3.59. The summed E-state index contributed by atoms with van der Waals surface area (Å²) in [5, 5.41) is 5.22. The number of nitrogens with zero attached hydrogens (tertiary/aromatic N) is 1. The number of hydrogen-bond donors (Lipinski definition) is 2. The van der Waals surface area contributed by atoms with E-state index in [4.69, 9.17) is 0 Å². The predicted octanol–water partition coefficient (Wildman–Crippen LogP) is 2.77. The van der Waals surface area contributed by atoms with E-state index in [1.165, 1.54) is 18.2 Å². The van der Waals surface area contributed by atoms with E-state index in [9.17, 15) is 32.3 Å². The van der Waals surface area contributed by atoms with Crippen molar-refractivity contribution in [3.05, 3.63) is 71.3 Å². The summed E-state index contributed by atoms with van der Waals surface area (Å²) < 4.78 is 40.4. The molecule has 7 nitrogen and oxygen atoms in total. The molecule has 1 aliphatic heterocycles. The van der Waals surface area contributed by atoms with Gasteiger partial charge in [0, 0.05) is 25.4 Å². The highest BCUT2D eigenvalue weighted by molar-refractivity contribution is 6.38. The van der Waals surface area contributed by atoms with Crippen LogP contribution in [0.2, 0.25) is 0 Å². The number of nitrogens with one attached hydrogen (secondary N) is 2. The van der Waals surface area contributed by atoms with Gasteiger partial charge in [-0.2, -0.15) is 13.2 Å². The van der Waals surface area contributed by atoms with Gasteiger partial charge in [0.2, 0.25) is 17.6 Å². The van der Waals surface area contributed by atoms with Gasteiger partial charge in [-0.3, -0.25) is 19.2 Å². The second-order valence-corrected chi connectivity index (χ2v) is 9.09. The van der Waals surface area contributed by atoms with Gasteiger partial charge in [0.25, 0.3) is 5.91 Å². The van der Waals surface area contributed by atoms with Crippen molar-refractivity contribution in [1.82, 2.24) is 15.5 Å². The van der Waals surface area contributed by atoms with Crippen LogP contribution in [0.5, 0.6) is 0 Å². The number of Topliss-reactive ketones (excluding diaryl/α,β-unsaturated/α-hetero) is 1. The molecule has 1 aliphatic carbocycles. The molecular formula is C26H26F3N3O4. The first-order valence-electron chi connectivity index (χ1n) is 11.8. The summed E-state index contributed by atoms with van der Waals surface area (Å²) in [5.41, 5.74) is -0.287. The number of hydrogen-bond acceptors (Lipinski definition) is 4. The van der Waals surface area contributed by atoms with Crippen LogP contribution in [0.15, 0.2) is 54.6 Å². The van der Waals surface area contributed by atoms with E-state index in [0.717, 1.165) is 23.8 Å². The van der Waals surface area contributed by atoms with Gasteiger partial charge in [0.05, 0.1) is 5.56 Å². The van der Waals surface area contributed by atoms with Crippen molar-refractivity contribution in [3.63, 3.8) is 0 Å². The normalized spacial score (nSPS) is 18.6. The Morgan fingerprint density at radius 2 is 1.64 bits per heavy atom. The van der Waals surface area contributed by atoms with E-state index < -0.39 is 53.9 Å². The minimum atomic E-state index is -4.61. The molecule has 1 saturated carbocycles. The average molecular weight is 502 g/mol. The van der Waals surface area contributed by atoms with Gasteiger partial charge in [-0.15, -0.1) is 0 Å². The van der Waals surface area contributed by atoms with E-state index in [1.807, 2.05) is 0 Å². The Kier molecular flexibility index (Phi) is 7.42. The smallest absolute Gasteiger partial charge is 0.347 e. The van der Waals surface area contributed by atoms with E-state index in [0.29, 0.717) is 5.56 Å². The molecule has 10 heteroatoms. The lowest BCUT2D eigenvalue weighted by Crippen LogP contribution is -2.53. The number of rotatable bonds is 9. The highest BCUT2D eigenvalue weighted by Gasteiger charge is 2.40. The van der Waals surface area contributed by atoms with E-state index in [2.05, 4.69) is 10.6 Å². The number of ketones is 1. The van der Waals surface area contributed by atoms with Gasteiger partial charge < -0.3 is 15.5 Å². The maximum Gasteiger partial charge on any atom is 0.416 e. The van der Waals surface area contributed by atoms with Gasteiger partial charge in [0.1, 0.15) is 12.1 Å². The molecule has 2 N–H and O–H groups in total. The third kappa shape index (κ3) is 6.10. The third-order valence-corrected chi connectivity index (χ3v) is 6.35. The highest BCUT2D eigenvalue weighted by atomic mass is 19.4. The Balaban J connectivity index is 1.52. The number of benzene rings is 2. The molecule has 2 aromatic carbocycles. The number of likely N-dealkylation sites (tertiary alicyclic amines) is 1. The van der Waals surface area contributed by atoms with Crippen LogP contribution in [0.1, 0.15) is 42.4 Å². The van der Waals surface area contributed by atoms with Gasteiger partial charge in [0.15, 0.2) is 0 Å². The van der Waals surface area contributed by atoms with Crippen molar-refractivity contribution < 1.29 is 32.3 Å². The van der Waals surface area contributed by atoms with Crippen LogP contribution in [0, 0.1) is 0 Å². The number of amides is 3. The first-order valence-corrected chi connectivity index (χ1v) is 11.8. The zero-order chi connectivity index (χ0) is 25.9. The fourth-order valence-electron chi connectivity index (χ4n) is 4.29. The fraction of sp³-hybridized carbons (Fsp3) is 0.385. The number of alkyl halides is 3. The molecule has 3 amide bonds. The monoisotopic (exact) mass is 501 g/mol. The van der Waals surface area contributed by atoms with Crippen molar-refractivity contribution in [2.45, 2.75) is 63.0 Å². The first kappa shape index (κ1) is 25.4. The van der Waals surface area contributed by atoms with E-state index >= 15 is 0 Å². The maximum atomic E-state index is 13.5. The summed E-state index contributed by atoms with van der Waals surface area (Å²) in [6.45, 7) is -0.397. The number of carbonyl (C=O) groups is 4. The number of carbonyl (C=O) groups excluding carboxylic acids is 4. The Morgan fingerprint density at radius 1 is 0.972 bits per heavy atom. The van der Waals surface area contributed by atoms with Gasteiger partial charge in [-0.05, 0) is 36.5 Å². The lowest BCUT2D eigenvalue weighted by atomic mass is 10.0. The van der Waals surface area contributed by atoms with Crippen LogP contribution in [0.4, 0.5) is 13.2 Å². The van der Waals surface area contributed by atoms with E-state index in [-0.39, 0.29) is 30.9 Å². The Morgan fingerprint density at radius 3 is 2.31 bits per heavy atom. The molecule has 0 aromatic heterocycles. The largest absolute Gasteiger partial charge is 0.416 e. The molecule has 2 unspecified atom stereocenters. The molecule has 0 bridgehead atoms. The standard InChI is InChI=1S/C26H26F3N3O4/c27-26(28,29)19-9-5-4-8-17(19)15-32-21(12-13-22(32)33)24(35)31-20(14-16-6-2-1-3-7-16)23(34)25(36)30-18-10-11-18/h1-9,18,20-21H,10-15H2,(H,30,36)(H,31,35). The van der Waals surface area contributed by atoms with Crippen LogP contribution in [0.3, 0.4) is 0 Å². The first-order chi connectivity index (χ1) is 17.1. The van der Waals surface area contributed by atoms with E-state index in [1.54, 1.807) is 30.3 Å². The molecule has 1 heterocycles. The predicted molar refractivity (Wildman–Crippen MR) is 123 cm³/mol. The lowest BCUT2D eigenvalue weighted by Gasteiger charge is -2.27. The van der Waals surface area contributed by atoms with Gasteiger partial charge in [-0.1, -0.05) is 48.5 Å². The second kappa shape index (κ2) is 10.5. The van der Waals surface area contributed by atoms with Crippen LogP contribution >= 0.6 is 0 Å². The van der Waals surface area contributed by atoms with Crippen LogP contribution < -0.4 is 10.6 Å². The van der Waals surface area contributed by atoms with Crippen molar-refractivity contribution in [2.24, 2.45) is 0 Å². The molecule has 36 heavy (non-hydrogen) atoms. The van der Waals surface area contributed by atoms with Crippen LogP contribution in [-0.2, 0) is 38.3 Å². The van der Waals surface area contributed by atoms with Crippen molar-refractivity contribution in [1.29, 1.82) is 0 Å². The van der Waals surface area contributed by atoms with Crippen LogP contribution in [-0.4, -0.2) is 46.5 Å². The molecule has 2 aromatic rings. The molecule has 2 atom stereocenters. The molecule has 1 saturated heterocycles. The molecule has 2 fully saturated rings. The molecule has 2 aliphatic rings. The summed E-state index contributed by atoms with van der Waals surface area (Å²) in [6.07, 6.45) is -2.90. The van der Waals surface area contributed by atoms with Crippen LogP contribution in [0.25, 0.3) is 0 Å². The fourth-order valence-corrected chi connectivity index (χ4v) is 4.29. The minimum absolute atomic E-state index is 0.00820. The zero-order valence-corrected chi connectivity index (χ0v) is 19.4. The molecule has 190 valence electrons. The third-order valence-electron chi connectivity index (χ3n) is 6.35. The molecule has 0 spiro atoms. The summed E-state index contributed by atoms with van der Waals surface area (Å²) in [5.74, 6) is -2.74. The molecular weight excluding hydrogens is 475 g/mol. The summed E-state index contributed by atoms with van der Waals surface area (Å²) in [6, 6.07) is 11.4. The molecule has 4 rings (SSSR count). The summed E-state index contributed by atoms with van der Waals surface area (Å²) in [4.78, 5) is 52.2. The second-order valence-electron chi connectivity index (χ2n) is 9.09. The Labute approximate surface area is 206 Å². The Hall–Kier alpha value is -3.69. The quantitative estimate of drug-likeness (QED) is 0.517. The summed E-state index contributed by atoms with van der Waals surface area (Å²) in [7, 11) is 0. The van der Waals surface area contributed by atoms with Gasteiger partial charge >= 0.3 is 6.18 Å². The topological polar surface area (TPSA) is 95.6 Å². The molecule has 0 radical (unpaired) electrons. The maximum absolute atomic E-state index is 13.5. The Bertz CT molecular complexity index is 1150. The SMILES string of the molecule is O=C(NC1CC1)C(=O)C(Cc1ccccc1)NC(=O)C1CCC(=O)N1Cc1ccccc1C(F)(F)F. The van der Waals surface area contributed by atoms with Crippen molar-refractivity contribution in [3.8, 4) is 0 Å².